The van der Waals surface area contributed by atoms with E-state index in [0.717, 1.165) is 5.56 Å². The van der Waals surface area contributed by atoms with E-state index in [4.69, 9.17) is 0 Å². The molecular formula is C20H24N2O5S2. The molecule has 1 amide bonds. The molecule has 0 bridgehead atoms. The number of carbonyl (C=O) groups is 1. The summed E-state index contributed by atoms with van der Waals surface area (Å²) < 4.78 is 51.7. The summed E-state index contributed by atoms with van der Waals surface area (Å²) in [5.41, 5.74) is 2.15. The summed E-state index contributed by atoms with van der Waals surface area (Å²) in [6.07, 6.45) is 0.385. The van der Waals surface area contributed by atoms with Gasteiger partial charge in [0, 0.05) is 24.3 Å². The van der Waals surface area contributed by atoms with Crippen molar-refractivity contribution in [1.82, 2.24) is 4.90 Å². The second kappa shape index (κ2) is 7.79. The number of anilines is 1. The Morgan fingerprint density at radius 3 is 2.34 bits per heavy atom. The van der Waals surface area contributed by atoms with E-state index < -0.39 is 31.8 Å². The zero-order valence-electron chi connectivity index (χ0n) is 16.5. The Morgan fingerprint density at radius 1 is 1.10 bits per heavy atom. The third-order valence-electron chi connectivity index (χ3n) is 5.10. The van der Waals surface area contributed by atoms with Gasteiger partial charge in [0.25, 0.3) is 15.9 Å². The van der Waals surface area contributed by atoms with Crippen LogP contribution in [-0.4, -0.2) is 52.2 Å². The molecule has 7 nitrogen and oxygen atoms in total. The van der Waals surface area contributed by atoms with E-state index in [1.165, 1.54) is 11.0 Å². The predicted octanol–water partition coefficient (Wildman–Crippen LogP) is 2.36. The molecule has 1 fully saturated rings. The van der Waals surface area contributed by atoms with Gasteiger partial charge in [-0.3, -0.25) is 9.52 Å². The highest BCUT2D eigenvalue weighted by molar-refractivity contribution is 7.92. The third-order valence-corrected chi connectivity index (χ3v) is 8.38. The van der Waals surface area contributed by atoms with Gasteiger partial charge in [-0.1, -0.05) is 23.8 Å². The first-order valence-electron chi connectivity index (χ1n) is 9.16. The summed E-state index contributed by atoms with van der Waals surface area (Å²) in [6, 6.07) is 11.0. The maximum Gasteiger partial charge on any atom is 0.262 e. The van der Waals surface area contributed by atoms with Crippen LogP contribution in [0.2, 0.25) is 0 Å². The van der Waals surface area contributed by atoms with Crippen molar-refractivity contribution in [3.05, 3.63) is 59.2 Å². The first-order valence-corrected chi connectivity index (χ1v) is 12.5. The lowest BCUT2D eigenvalue weighted by Gasteiger charge is -2.24. The molecule has 1 heterocycles. The van der Waals surface area contributed by atoms with Crippen molar-refractivity contribution in [1.29, 1.82) is 0 Å². The Morgan fingerprint density at radius 2 is 1.76 bits per heavy atom. The third kappa shape index (κ3) is 4.79. The fraction of sp³-hybridized carbons (Fsp3) is 0.350. The number of hydrogen-bond acceptors (Lipinski definition) is 5. The van der Waals surface area contributed by atoms with E-state index in [-0.39, 0.29) is 22.0 Å². The average Bonchev–Trinajstić information content (AvgIpc) is 3.02. The lowest BCUT2D eigenvalue weighted by Crippen LogP contribution is -2.37. The summed E-state index contributed by atoms with van der Waals surface area (Å²) in [6.45, 7) is 3.56. The van der Waals surface area contributed by atoms with Crippen LogP contribution in [0.5, 0.6) is 0 Å². The van der Waals surface area contributed by atoms with E-state index in [1.807, 2.05) is 6.92 Å². The Labute approximate surface area is 171 Å². The van der Waals surface area contributed by atoms with Gasteiger partial charge in [0.2, 0.25) is 0 Å². The first-order chi connectivity index (χ1) is 13.5. The predicted molar refractivity (Wildman–Crippen MR) is 112 cm³/mol. The summed E-state index contributed by atoms with van der Waals surface area (Å²) in [7, 11) is -5.48. The molecule has 0 saturated carbocycles. The van der Waals surface area contributed by atoms with Crippen molar-refractivity contribution in [3.63, 3.8) is 0 Å². The summed E-state index contributed by atoms with van der Waals surface area (Å²) >= 11 is 0. The molecule has 2 aromatic carbocycles. The molecule has 0 spiro atoms. The normalized spacial score (nSPS) is 18.4. The minimum atomic E-state index is -3.89. The fourth-order valence-corrected chi connectivity index (χ4v) is 6.41. The van der Waals surface area contributed by atoms with Crippen LogP contribution >= 0.6 is 0 Å². The van der Waals surface area contributed by atoms with Crippen LogP contribution < -0.4 is 4.72 Å². The molecule has 1 aliphatic rings. The number of aryl methyl sites for hydroxylation is 2. The smallest absolute Gasteiger partial charge is 0.262 e. The largest absolute Gasteiger partial charge is 0.338 e. The monoisotopic (exact) mass is 436 g/mol. The van der Waals surface area contributed by atoms with E-state index in [9.17, 15) is 21.6 Å². The van der Waals surface area contributed by atoms with Crippen molar-refractivity contribution in [2.75, 3.05) is 23.3 Å². The van der Waals surface area contributed by atoms with Crippen LogP contribution in [0.1, 0.15) is 27.9 Å². The lowest BCUT2D eigenvalue weighted by molar-refractivity contribution is 0.0747. The molecule has 0 aliphatic carbocycles. The molecule has 9 heteroatoms. The van der Waals surface area contributed by atoms with Gasteiger partial charge in [0.1, 0.15) is 0 Å². The summed E-state index contributed by atoms with van der Waals surface area (Å²) in [5, 5.41) is 0. The van der Waals surface area contributed by atoms with E-state index in [0.29, 0.717) is 17.7 Å². The number of amides is 1. The minimum absolute atomic E-state index is 0.0105. The zero-order chi connectivity index (χ0) is 21.4. The van der Waals surface area contributed by atoms with Gasteiger partial charge in [0.15, 0.2) is 9.84 Å². The number of nitrogens with zero attached hydrogens (tertiary/aromatic N) is 1. The summed E-state index contributed by atoms with van der Waals surface area (Å²) in [4.78, 5) is 14.2. The average molecular weight is 437 g/mol. The van der Waals surface area contributed by atoms with Gasteiger partial charge >= 0.3 is 0 Å². The van der Waals surface area contributed by atoms with Crippen LogP contribution in [0.4, 0.5) is 5.69 Å². The highest BCUT2D eigenvalue weighted by Gasteiger charge is 2.33. The number of sulfone groups is 1. The second-order valence-electron chi connectivity index (χ2n) is 7.42. The van der Waals surface area contributed by atoms with Crippen molar-refractivity contribution in [2.24, 2.45) is 0 Å². The first kappa shape index (κ1) is 21.3. The minimum Gasteiger partial charge on any atom is -0.338 e. The Bertz CT molecular complexity index is 1140. The maximum absolute atomic E-state index is 12.9. The van der Waals surface area contributed by atoms with Crippen molar-refractivity contribution in [2.45, 2.75) is 31.2 Å². The molecule has 1 unspecified atom stereocenters. The molecular weight excluding hydrogens is 412 g/mol. The molecule has 1 aliphatic heterocycles. The molecule has 1 N–H and O–H groups in total. The molecule has 156 valence electrons. The van der Waals surface area contributed by atoms with Gasteiger partial charge in [-0.15, -0.1) is 0 Å². The van der Waals surface area contributed by atoms with E-state index >= 15 is 0 Å². The van der Waals surface area contributed by atoms with Gasteiger partial charge in [-0.25, -0.2) is 16.8 Å². The van der Waals surface area contributed by atoms with Gasteiger partial charge in [-0.05, 0) is 50.1 Å². The lowest BCUT2D eigenvalue weighted by atomic mass is 10.1. The number of hydrogen-bond donors (Lipinski definition) is 1. The molecule has 0 radical (unpaired) electrons. The van der Waals surface area contributed by atoms with Crippen molar-refractivity contribution < 1.29 is 21.6 Å². The Hall–Kier alpha value is -2.39. The van der Waals surface area contributed by atoms with Crippen LogP contribution in [0.25, 0.3) is 0 Å². The molecule has 1 saturated heterocycles. The highest BCUT2D eigenvalue weighted by Crippen LogP contribution is 2.23. The molecule has 3 rings (SSSR count). The number of rotatable bonds is 5. The molecule has 1 atom stereocenters. The fourth-order valence-electron chi connectivity index (χ4n) is 3.30. The van der Waals surface area contributed by atoms with Gasteiger partial charge in [0.05, 0.1) is 16.4 Å². The van der Waals surface area contributed by atoms with Crippen LogP contribution in [-0.2, 0) is 19.9 Å². The van der Waals surface area contributed by atoms with Crippen LogP contribution in [0.15, 0.2) is 47.4 Å². The SMILES string of the molecule is Cc1ccc(NS(=O)(=O)c2cc(C(=O)N(C)C3CCS(=O)(=O)C3)ccc2C)cc1. The Kier molecular flexibility index (Phi) is 5.73. The molecule has 0 aromatic heterocycles. The molecule has 29 heavy (non-hydrogen) atoms. The van der Waals surface area contributed by atoms with Crippen molar-refractivity contribution in [3.8, 4) is 0 Å². The zero-order valence-corrected chi connectivity index (χ0v) is 18.2. The molecule has 2 aromatic rings. The number of benzene rings is 2. The van der Waals surface area contributed by atoms with E-state index in [2.05, 4.69) is 4.72 Å². The van der Waals surface area contributed by atoms with Crippen molar-refractivity contribution >= 4 is 31.5 Å². The topological polar surface area (TPSA) is 101 Å². The van der Waals surface area contributed by atoms with Crippen LogP contribution in [0.3, 0.4) is 0 Å². The van der Waals surface area contributed by atoms with E-state index in [1.54, 1.807) is 50.4 Å². The van der Waals surface area contributed by atoms with Gasteiger partial charge < -0.3 is 4.90 Å². The van der Waals surface area contributed by atoms with Crippen LogP contribution in [0, 0.1) is 13.8 Å². The standard InChI is InChI=1S/C20H24N2O5S2/c1-14-4-8-17(9-5-14)21-29(26,27)19-12-16(7-6-15(19)2)20(23)22(3)18-10-11-28(24,25)13-18/h4-9,12,18,21H,10-11,13H2,1-3H3. The Balaban J connectivity index is 1.87. The summed E-state index contributed by atoms with van der Waals surface area (Å²) in [5.74, 6) is -0.413. The highest BCUT2D eigenvalue weighted by atomic mass is 32.2. The number of nitrogens with one attached hydrogen (secondary N) is 1. The second-order valence-corrected chi connectivity index (χ2v) is 11.3. The quantitative estimate of drug-likeness (QED) is 0.775. The maximum atomic E-state index is 12.9. The number of sulfonamides is 1. The van der Waals surface area contributed by atoms with Gasteiger partial charge in [-0.2, -0.15) is 0 Å². The number of carbonyl (C=O) groups excluding carboxylic acids is 1.